The van der Waals surface area contributed by atoms with Crippen LogP contribution in [0.4, 0.5) is 10.5 Å². The van der Waals surface area contributed by atoms with E-state index in [0.29, 0.717) is 24.1 Å². The molecule has 2 aliphatic rings. The zero-order valence-corrected chi connectivity index (χ0v) is 12.7. The summed E-state index contributed by atoms with van der Waals surface area (Å²) in [4.78, 5) is 27.3. The molecule has 1 unspecified atom stereocenters. The second kappa shape index (κ2) is 5.60. The highest BCUT2D eigenvalue weighted by atomic mass is 32.2. The Kier molecular flexibility index (Phi) is 3.80. The van der Waals surface area contributed by atoms with Crippen molar-refractivity contribution in [2.45, 2.75) is 19.4 Å². The minimum Gasteiger partial charge on any atom is -0.480 e. The fraction of sp³-hybridized carbons (Fsp3) is 0.467. The molecule has 0 saturated carbocycles. The first-order valence-electron chi connectivity index (χ1n) is 7.04. The Balaban J connectivity index is 1.89. The molecule has 1 aromatic carbocycles. The van der Waals surface area contributed by atoms with Crippen LogP contribution in [0.5, 0.6) is 0 Å². The number of nitrogens with zero attached hydrogens (tertiary/aromatic N) is 2. The summed E-state index contributed by atoms with van der Waals surface area (Å²) in [7, 11) is 0. The number of benzene rings is 1. The second-order valence-electron chi connectivity index (χ2n) is 5.65. The van der Waals surface area contributed by atoms with E-state index in [2.05, 4.69) is 6.92 Å². The Bertz CT molecular complexity index is 578. The Labute approximate surface area is 127 Å². The van der Waals surface area contributed by atoms with E-state index in [1.54, 1.807) is 4.90 Å². The first-order chi connectivity index (χ1) is 10.1. The van der Waals surface area contributed by atoms with Crippen molar-refractivity contribution in [1.82, 2.24) is 4.90 Å². The predicted octanol–water partition coefficient (Wildman–Crippen LogP) is 2.26. The lowest BCUT2D eigenvalue weighted by atomic mass is 9.94. The third-order valence-electron chi connectivity index (χ3n) is 3.99. The number of carbonyl (C=O) groups is 2. The van der Waals surface area contributed by atoms with Crippen molar-refractivity contribution in [3.63, 3.8) is 0 Å². The molecular weight excluding hydrogens is 288 g/mol. The smallest absolute Gasteiger partial charge is 0.327 e. The zero-order valence-electron chi connectivity index (χ0n) is 11.9. The lowest BCUT2D eigenvalue weighted by Gasteiger charge is -2.36. The van der Waals surface area contributed by atoms with Gasteiger partial charge >= 0.3 is 12.0 Å². The van der Waals surface area contributed by atoms with E-state index >= 15 is 0 Å². The highest BCUT2D eigenvalue weighted by Gasteiger charge is 2.38. The molecule has 21 heavy (non-hydrogen) atoms. The first kappa shape index (κ1) is 14.3. The summed E-state index contributed by atoms with van der Waals surface area (Å²) in [5.74, 6) is 0.365. The molecule has 0 spiro atoms. The van der Waals surface area contributed by atoms with Crippen molar-refractivity contribution in [3.05, 3.63) is 29.8 Å². The molecule has 0 aliphatic carbocycles. The maximum Gasteiger partial charge on any atom is 0.327 e. The molecule has 0 radical (unpaired) electrons. The average Bonchev–Trinajstić information content (AvgIpc) is 2.95. The van der Waals surface area contributed by atoms with E-state index in [0.717, 1.165) is 17.7 Å². The third kappa shape index (κ3) is 2.60. The molecule has 2 atom stereocenters. The molecule has 6 heteroatoms. The molecule has 1 saturated heterocycles. The van der Waals surface area contributed by atoms with Crippen LogP contribution in [0, 0.1) is 5.92 Å². The summed E-state index contributed by atoms with van der Waals surface area (Å²) >= 11 is 1.49. The number of urea groups is 1. The fourth-order valence-electron chi connectivity index (χ4n) is 2.97. The van der Waals surface area contributed by atoms with E-state index in [4.69, 9.17) is 0 Å². The van der Waals surface area contributed by atoms with Gasteiger partial charge in [0, 0.05) is 18.0 Å². The van der Waals surface area contributed by atoms with Crippen LogP contribution in [0.1, 0.15) is 12.5 Å². The lowest BCUT2D eigenvalue weighted by molar-refractivity contribution is -0.140. The van der Waals surface area contributed by atoms with E-state index in [9.17, 15) is 14.7 Å². The summed E-state index contributed by atoms with van der Waals surface area (Å²) in [6, 6.07) is 6.98. The van der Waals surface area contributed by atoms with Gasteiger partial charge in [-0.1, -0.05) is 25.1 Å². The SMILES string of the molecule is CC1Cc2ccccc2N(C(=O)N2CSC[C@H]2C(=O)O)C1. The van der Waals surface area contributed by atoms with Gasteiger partial charge in [0.1, 0.15) is 6.04 Å². The molecule has 2 amide bonds. The predicted molar refractivity (Wildman–Crippen MR) is 82.6 cm³/mol. The van der Waals surface area contributed by atoms with Crippen LogP contribution >= 0.6 is 11.8 Å². The molecule has 0 bridgehead atoms. The van der Waals surface area contributed by atoms with Gasteiger partial charge in [-0.05, 0) is 24.0 Å². The highest BCUT2D eigenvalue weighted by Crippen LogP contribution is 2.32. The molecular formula is C15H18N2O3S. The number of carboxylic acids is 1. The number of carboxylic acid groups (broad SMARTS) is 1. The number of rotatable bonds is 1. The number of hydrogen-bond donors (Lipinski definition) is 1. The number of aliphatic carboxylic acids is 1. The molecule has 1 N–H and O–H groups in total. The highest BCUT2D eigenvalue weighted by molar-refractivity contribution is 7.99. The van der Waals surface area contributed by atoms with E-state index in [1.165, 1.54) is 16.7 Å². The summed E-state index contributed by atoms with van der Waals surface area (Å²) in [5, 5.41) is 9.25. The molecule has 112 valence electrons. The normalized spacial score (nSPS) is 24.8. The maximum atomic E-state index is 12.8. The van der Waals surface area contributed by atoms with Crippen LogP contribution in [0.2, 0.25) is 0 Å². The van der Waals surface area contributed by atoms with E-state index in [1.807, 2.05) is 24.3 Å². The Hall–Kier alpha value is -1.69. The van der Waals surface area contributed by atoms with Gasteiger partial charge in [-0.2, -0.15) is 0 Å². The maximum absolute atomic E-state index is 12.8. The minimum atomic E-state index is -0.924. The minimum absolute atomic E-state index is 0.189. The summed E-state index contributed by atoms with van der Waals surface area (Å²) in [6.45, 7) is 2.76. The summed E-state index contributed by atoms with van der Waals surface area (Å²) in [5.41, 5.74) is 2.07. The molecule has 3 rings (SSSR count). The zero-order chi connectivity index (χ0) is 15.0. The molecule has 2 heterocycles. The summed E-state index contributed by atoms with van der Waals surface area (Å²) < 4.78 is 0. The second-order valence-corrected chi connectivity index (χ2v) is 6.65. The van der Waals surface area contributed by atoms with Crippen LogP contribution < -0.4 is 4.90 Å². The van der Waals surface area contributed by atoms with Gasteiger partial charge in [-0.3, -0.25) is 4.90 Å². The number of carbonyl (C=O) groups excluding carboxylic acids is 1. The van der Waals surface area contributed by atoms with Gasteiger partial charge in [0.25, 0.3) is 0 Å². The number of amides is 2. The third-order valence-corrected chi connectivity index (χ3v) is 5.00. The monoisotopic (exact) mass is 306 g/mol. The number of thioether (sulfide) groups is 1. The average molecular weight is 306 g/mol. The van der Waals surface area contributed by atoms with E-state index in [-0.39, 0.29) is 6.03 Å². The van der Waals surface area contributed by atoms with Gasteiger partial charge in [-0.25, -0.2) is 9.59 Å². The molecule has 1 fully saturated rings. The standard InChI is InChI=1S/C15H18N2O3S/c1-10-6-11-4-2-3-5-12(11)16(7-10)15(20)17-9-21-8-13(17)14(18)19/h2-5,10,13H,6-9H2,1H3,(H,18,19)/t10?,13-/m0/s1. The van der Waals surface area contributed by atoms with Crippen molar-refractivity contribution in [1.29, 1.82) is 0 Å². The lowest BCUT2D eigenvalue weighted by Crippen LogP contribution is -2.51. The van der Waals surface area contributed by atoms with Gasteiger partial charge in [0.05, 0.1) is 5.88 Å². The van der Waals surface area contributed by atoms with Crippen LogP contribution in [-0.4, -0.2) is 46.2 Å². The molecule has 2 aliphatic heterocycles. The van der Waals surface area contributed by atoms with Crippen LogP contribution in [0.15, 0.2) is 24.3 Å². The van der Waals surface area contributed by atoms with Crippen LogP contribution in [0.3, 0.4) is 0 Å². The topological polar surface area (TPSA) is 60.9 Å². The van der Waals surface area contributed by atoms with Crippen molar-refractivity contribution in [2.24, 2.45) is 5.92 Å². The Morgan fingerprint density at radius 2 is 2.10 bits per heavy atom. The Morgan fingerprint density at radius 1 is 1.33 bits per heavy atom. The van der Waals surface area contributed by atoms with Crippen molar-refractivity contribution in [3.8, 4) is 0 Å². The fourth-order valence-corrected chi connectivity index (χ4v) is 4.11. The first-order valence-corrected chi connectivity index (χ1v) is 8.20. The van der Waals surface area contributed by atoms with Crippen molar-refractivity contribution >= 4 is 29.4 Å². The van der Waals surface area contributed by atoms with Gasteiger partial charge in [0.2, 0.25) is 0 Å². The van der Waals surface area contributed by atoms with Gasteiger partial charge in [0.15, 0.2) is 0 Å². The van der Waals surface area contributed by atoms with Crippen molar-refractivity contribution in [2.75, 3.05) is 23.1 Å². The number of fused-ring (bicyclic) bond motifs is 1. The van der Waals surface area contributed by atoms with E-state index < -0.39 is 12.0 Å². The van der Waals surface area contributed by atoms with Crippen molar-refractivity contribution < 1.29 is 14.7 Å². The quantitative estimate of drug-likeness (QED) is 0.864. The Morgan fingerprint density at radius 3 is 2.86 bits per heavy atom. The molecule has 0 aromatic heterocycles. The van der Waals surface area contributed by atoms with Gasteiger partial charge in [-0.15, -0.1) is 11.8 Å². The van der Waals surface area contributed by atoms with Crippen LogP contribution in [-0.2, 0) is 11.2 Å². The molecule has 1 aromatic rings. The van der Waals surface area contributed by atoms with Gasteiger partial charge < -0.3 is 10.0 Å². The number of hydrogen-bond acceptors (Lipinski definition) is 3. The largest absolute Gasteiger partial charge is 0.480 e. The molecule has 5 nitrogen and oxygen atoms in total. The number of anilines is 1. The number of para-hydroxylation sites is 1. The summed E-state index contributed by atoms with van der Waals surface area (Å²) in [6.07, 6.45) is 0.955. The van der Waals surface area contributed by atoms with Crippen LogP contribution in [0.25, 0.3) is 0 Å².